The minimum Gasteiger partial charge on any atom is -0.419 e. The molecule has 0 saturated heterocycles. The van der Waals surface area contributed by atoms with E-state index < -0.39 is 19.5 Å². The highest BCUT2D eigenvalue weighted by atomic mass is 28.2. The zero-order chi connectivity index (χ0) is 17.9. The lowest BCUT2D eigenvalue weighted by atomic mass is 10.1. The van der Waals surface area contributed by atoms with Crippen LogP contribution in [0.4, 0.5) is 0 Å². The van der Waals surface area contributed by atoms with Gasteiger partial charge >= 0.3 is 0 Å². The molecule has 24 heavy (non-hydrogen) atoms. The molecule has 0 N–H and O–H groups in total. The molecule has 0 aliphatic carbocycles. The second-order valence-corrected chi connectivity index (χ2v) is 8.83. The van der Waals surface area contributed by atoms with Crippen LogP contribution in [-0.2, 0) is 27.8 Å². The third-order valence-electron chi connectivity index (χ3n) is 3.89. The molecular formula is C16H38O6Si2. The quantitative estimate of drug-likeness (QED) is 0.192. The summed E-state index contributed by atoms with van der Waals surface area (Å²) in [6.07, 6.45) is 7.50. The average molecular weight is 383 g/mol. The van der Waals surface area contributed by atoms with Crippen molar-refractivity contribution in [1.29, 1.82) is 0 Å². The van der Waals surface area contributed by atoms with Crippen molar-refractivity contribution in [1.82, 2.24) is 0 Å². The van der Waals surface area contributed by atoms with Crippen molar-refractivity contribution in [3.05, 3.63) is 0 Å². The maximum absolute atomic E-state index is 5.65. The molecule has 0 aliphatic rings. The summed E-state index contributed by atoms with van der Waals surface area (Å²) in [6.45, 7) is 1.14. The third-order valence-corrected chi connectivity index (χ3v) is 6.51. The number of ether oxygens (including phenoxy) is 4. The molecule has 0 heterocycles. The Bertz CT molecular complexity index is 217. The summed E-state index contributed by atoms with van der Waals surface area (Å²) < 4.78 is 31.7. The molecule has 0 bridgehead atoms. The van der Waals surface area contributed by atoms with Crippen LogP contribution in [0.3, 0.4) is 0 Å². The van der Waals surface area contributed by atoms with Crippen molar-refractivity contribution < 1.29 is 27.8 Å². The molecule has 0 fully saturated rings. The summed E-state index contributed by atoms with van der Waals surface area (Å²) in [6, 6.07) is 2.50. The van der Waals surface area contributed by atoms with E-state index in [2.05, 4.69) is 0 Å². The first-order valence-electron chi connectivity index (χ1n) is 9.05. The van der Waals surface area contributed by atoms with Gasteiger partial charge in [-0.1, -0.05) is 38.5 Å². The van der Waals surface area contributed by atoms with Gasteiger partial charge in [0.2, 0.25) is 0 Å². The highest BCUT2D eigenvalue weighted by Crippen LogP contribution is 2.09. The Labute approximate surface area is 152 Å². The monoisotopic (exact) mass is 382 g/mol. The summed E-state index contributed by atoms with van der Waals surface area (Å²) in [5.41, 5.74) is 0. The molecule has 0 aromatic rings. The van der Waals surface area contributed by atoms with Gasteiger partial charge in [0.25, 0.3) is 0 Å². The molecule has 0 unspecified atom stereocenters. The lowest BCUT2D eigenvalue weighted by molar-refractivity contribution is -0.122. The largest absolute Gasteiger partial charge is 0.419 e. The van der Waals surface area contributed by atoms with Crippen molar-refractivity contribution >= 4 is 19.5 Å². The summed E-state index contributed by atoms with van der Waals surface area (Å²) in [7, 11) is 5.76. The van der Waals surface area contributed by atoms with Crippen LogP contribution < -0.4 is 0 Å². The van der Waals surface area contributed by atoms with Crippen LogP contribution in [0, 0.1) is 0 Å². The van der Waals surface area contributed by atoms with E-state index in [9.17, 15) is 0 Å². The van der Waals surface area contributed by atoms with E-state index in [4.69, 9.17) is 27.8 Å². The zero-order valence-electron chi connectivity index (χ0n) is 16.1. The molecule has 0 spiro atoms. The Morgan fingerprint density at radius 1 is 0.542 bits per heavy atom. The smallest absolute Gasteiger partial charge is 0.178 e. The van der Waals surface area contributed by atoms with Gasteiger partial charge in [0, 0.05) is 28.4 Å². The fraction of sp³-hybridized carbons (Fsp3) is 1.00. The molecule has 0 aromatic heterocycles. The van der Waals surface area contributed by atoms with E-state index in [1.165, 1.54) is 50.6 Å². The van der Waals surface area contributed by atoms with Crippen LogP contribution in [0.2, 0.25) is 12.1 Å². The first-order chi connectivity index (χ1) is 11.8. The molecule has 0 amide bonds. The van der Waals surface area contributed by atoms with Gasteiger partial charge in [-0.2, -0.15) is 0 Å². The Kier molecular flexibility index (Phi) is 19.7. The van der Waals surface area contributed by atoms with Gasteiger partial charge in [-0.05, 0) is 12.1 Å². The zero-order valence-corrected chi connectivity index (χ0v) is 18.9. The summed E-state index contributed by atoms with van der Waals surface area (Å²) >= 11 is 0. The summed E-state index contributed by atoms with van der Waals surface area (Å²) in [4.78, 5) is 0. The van der Waals surface area contributed by atoms with Gasteiger partial charge in [0.05, 0.1) is 13.2 Å². The van der Waals surface area contributed by atoms with E-state index in [-0.39, 0.29) is 12.6 Å². The van der Waals surface area contributed by atoms with Gasteiger partial charge in [-0.25, -0.2) is 0 Å². The van der Waals surface area contributed by atoms with E-state index >= 15 is 0 Å². The number of rotatable bonds is 19. The average Bonchev–Trinajstić information content (AvgIpc) is 2.62. The van der Waals surface area contributed by atoms with Crippen molar-refractivity contribution in [3.8, 4) is 0 Å². The Hall–Kier alpha value is 0.194. The molecule has 0 atom stereocenters. The molecule has 0 aliphatic heterocycles. The highest BCUT2D eigenvalue weighted by Gasteiger charge is 2.04. The van der Waals surface area contributed by atoms with E-state index in [1.54, 1.807) is 28.4 Å². The fourth-order valence-corrected chi connectivity index (χ4v) is 4.53. The second-order valence-electron chi connectivity index (χ2n) is 5.78. The first-order valence-corrected chi connectivity index (χ1v) is 12.2. The molecule has 0 rings (SSSR count). The molecule has 0 radical (unpaired) electrons. The van der Waals surface area contributed by atoms with Gasteiger partial charge in [-0.3, -0.25) is 0 Å². The van der Waals surface area contributed by atoms with Crippen LogP contribution in [0.5, 0.6) is 0 Å². The predicted molar refractivity (Wildman–Crippen MR) is 102 cm³/mol. The van der Waals surface area contributed by atoms with Gasteiger partial charge < -0.3 is 27.8 Å². The van der Waals surface area contributed by atoms with Crippen LogP contribution >= 0.6 is 0 Å². The lowest BCUT2D eigenvalue weighted by Crippen LogP contribution is -2.21. The standard InChI is InChI=1S/C16H38O6Si2/c1-17-15(18-2)13-21-23-11-9-7-5-6-8-10-12-24-22-14-16(19-3)20-4/h15-16H,5-14,23-24H2,1-4H3. The second kappa shape index (κ2) is 19.5. The molecule has 6 nitrogen and oxygen atoms in total. The van der Waals surface area contributed by atoms with Crippen LogP contribution in [0.15, 0.2) is 0 Å². The van der Waals surface area contributed by atoms with E-state index in [0.29, 0.717) is 13.2 Å². The molecule has 146 valence electrons. The lowest BCUT2D eigenvalue weighted by Gasteiger charge is -2.13. The Morgan fingerprint density at radius 3 is 1.21 bits per heavy atom. The highest BCUT2D eigenvalue weighted by molar-refractivity contribution is 6.27. The SMILES string of the molecule is COC(CO[SiH2]CCCCCCCC[SiH2]OCC(OC)OC)OC. The number of unbranched alkanes of at least 4 members (excludes halogenated alkanes) is 5. The molecular weight excluding hydrogens is 344 g/mol. The molecule has 0 aromatic carbocycles. The van der Waals surface area contributed by atoms with Crippen LogP contribution in [0.25, 0.3) is 0 Å². The van der Waals surface area contributed by atoms with Gasteiger partial charge in [0.15, 0.2) is 32.1 Å². The molecule has 0 saturated carbocycles. The number of hydrogen-bond acceptors (Lipinski definition) is 6. The number of hydrogen-bond donors (Lipinski definition) is 0. The Balaban J connectivity index is 3.12. The van der Waals surface area contributed by atoms with Gasteiger partial charge in [-0.15, -0.1) is 0 Å². The van der Waals surface area contributed by atoms with Crippen molar-refractivity contribution in [3.63, 3.8) is 0 Å². The van der Waals surface area contributed by atoms with Crippen molar-refractivity contribution in [2.24, 2.45) is 0 Å². The maximum atomic E-state index is 5.65. The fourth-order valence-electron chi connectivity index (χ4n) is 2.29. The minimum atomic E-state index is -0.406. The normalized spacial score (nSPS) is 12.8. The van der Waals surface area contributed by atoms with Crippen molar-refractivity contribution in [2.45, 2.75) is 63.2 Å². The van der Waals surface area contributed by atoms with Crippen LogP contribution in [0.1, 0.15) is 38.5 Å². The maximum Gasteiger partial charge on any atom is 0.178 e. The Morgan fingerprint density at radius 2 is 0.875 bits per heavy atom. The topological polar surface area (TPSA) is 55.4 Å². The first kappa shape index (κ1) is 24.2. The van der Waals surface area contributed by atoms with E-state index in [1.807, 2.05) is 0 Å². The van der Waals surface area contributed by atoms with Crippen molar-refractivity contribution in [2.75, 3.05) is 41.7 Å². The molecule has 8 heteroatoms. The third kappa shape index (κ3) is 15.7. The summed E-state index contributed by atoms with van der Waals surface area (Å²) in [5.74, 6) is 0. The summed E-state index contributed by atoms with van der Waals surface area (Å²) in [5, 5.41) is 0. The van der Waals surface area contributed by atoms with E-state index in [0.717, 1.165) is 0 Å². The number of methoxy groups -OCH3 is 4. The van der Waals surface area contributed by atoms with Gasteiger partial charge in [0.1, 0.15) is 0 Å². The minimum absolute atomic E-state index is 0.208. The van der Waals surface area contributed by atoms with Crippen LogP contribution in [-0.4, -0.2) is 73.8 Å². The predicted octanol–water partition coefficient (Wildman–Crippen LogP) is 1.60.